The molecule has 0 atom stereocenters. The molecule has 1 heteroatoms. The molecule has 1 rings (SSSR count). The Morgan fingerprint density at radius 1 is 1.36 bits per heavy atom. The highest BCUT2D eigenvalue weighted by atomic mass is 14.5. The standard InChI is InChI=1S/C10H13N/c1-9(8-11)7-10-5-3-2-4-6-10/h2-6,8H,7,11H2,1H3/b9-8+. The van der Waals surface area contributed by atoms with Gasteiger partial charge in [-0.3, -0.25) is 0 Å². The van der Waals surface area contributed by atoms with Gasteiger partial charge in [0.25, 0.3) is 0 Å². The smallest absolute Gasteiger partial charge is 0.00527 e. The highest BCUT2D eigenvalue weighted by Gasteiger charge is 1.90. The van der Waals surface area contributed by atoms with Crippen LogP contribution in [0.15, 0.2) is 42.1 Å². The zero-order valence-electron chi connectivity index (χ0n) is 6.75. The maximum atomic E-state index is 5.36. The van der Waals surface area contributed by atoms with Gasteiger partial charge in [0.15, 0.2) is 0 Å². The summed E-state index contributed by atoms with van der Waals surface area (Å²) in [4.78, 5) is 0. The number of benzene rings is 1. The molecule has 0 radical (unpaired) electrons. The van der Waals surface area contributed by atoms with Crippen molar-refractivity contribution in [3.63, 3.8) is 0 Å². The fourth-order valence-corrected chi connectivity index (χ4v) is 0.977. The summed E-state index contributed by atoms with van der Waals surface area (Å²) >= 11 is 0. The quantitative estimate of drug-likeness (QED) is 0.681. The minimum atomic E-state index is 0.956. The first-order valence-electron chi connectivity index (χ1n) is 3.74. The lowest BCUT2D eigenvalue weighted by Gasteiger charge is -1.98. The predicted molar refractivity (Wildman–Crippen MR) is 48.1 cm³/mol. The van der Waals surface area contributed by atoms with Crippen LogP contribution >= 0.6 is 0 Å². The van der Waals surface area contributed by atoms with Gasteiger partial charge in [-0.25, -0.2) is 0 Å². The third-order valence-electron chi connectivity index (χ3n) is 1.61. The normalized spacial score (nSPS) is 11.5. The van der Waals surface area contributed by atoms with E-state index >= 15 is 0 Å². The van der Waals surface area contributed by atoms with Crippen molar-refractivity contribution in [2.75, 3.05) is 0 Å². The summed E-state index contributed by atoms with van der Waals surface area (Å²) in [7, 11) is 0. The Kier molecular flexibility index (Phi) is 2.73. The van der Waals surface area contributed by atoms with Crippen LogP contribution in [-0.4, -0.2) is 0 Å². The summed E-state index contributed by atoms with van der Waals surface area (Å²) in [5, 5.41) is 0. The molecule has 58 valence electrons. The molecule has 0 heterocycles. The lowest BCUT2D eigenvalue weighted by Crippen LogP contribution is -1.89. The van der Waals surface area contributed by atoms with Gasteiger partial charge in [0.2, 0.25) is 0 Å². The molecule has 0 saturated carbocycles. The van der Waals surface area contributed by atoms with Crippen molar-refractivity contribution < 1.29 is 0 Å². The van der Waals surface area contributed by atoms with E-state index in [1.54, 1.807) is 6.20 Å². The molecule has 1 aromatic rings. The molecule has 0 bridgehead atoms. The van der Waals surface area contributed by atoms with Crippen LogP contribution < -0.4 is 5.73 Å². The maximum absolute atomic E-state index is 5.36. The highest BCUT2D eigenvalue weighted by molar-refractivity contribution is 5.20. The van der Waals surface area contributed by atoms with Gasteiger partial charge >= 0.3 is 0 Å². The molecule has 0 fully saturated rings. The van der Waals surface area contributed by atoms with Gasteiger partial charge in [0, 0.05) is 0 Å². The Balaban J connectivity index is 2.65. The summed E-state index contributed by atoms with van der Waals surface area (Å²) in [6, 6.07) is 10.3. The van der Waals surface area contributed by atoms with Crippen LogP contribution in [0.3, 0.4) is 0 Å². The zero-order valence-corrected chi connectivity index (χ0v) is 6.75. The topological polar surface area (TPSA) is 26.0 Å². The first kappa shape index (κ1) is 7.86. The Hall–Kier alpha value is -1.24. The second-order valence-corrected chi connectivity index (χ2v) is 2.68. The number of nitrogens with two attached hydrogens (primary N) is 1. The monoisotopic (exact) mass is 147 g/mol. The van der Waals surface area contributed by atoms with E-state index in [9.17, 15) is 0 Å². The molecule has 2 N–H and O–H groups in total. The van der Waals surface area contributed by atoms with Crippen molar-refractivity contribution in [2.45, 2.75) is 13.3 Å². The van der Waals surface area contributed by atoms with Crippen molar-refractivity contribution in [1.29, 1.82) is 0 Å². The average Bonchev–Trinajstić information content (AvgIpc) is 2.06. The molecule has 0 aromatic heterocycles. The van der Waals surface area contributed by atoms with E-state index in [0.717, 1.165) is 6.42 Å². The molecule has 1 nitrogen and oxygen atoms in total. The van der Waals surface area contributed by atoms with Crippen LogP contribution in [-0.2, 0) is 6.42 Å². The minimum absolute atomic E-state index is 0.956. The largest absolute Gasteiger partial charge is 0.405 e. The van der Waals surface area contributed by atoms with E-state index in [1.807, 2.05) is 25.1 Å². The first-order valence-corrected chi connectivity index (χ1v) is 3.74. The van der Waals surface area contributed by atoms with Gasteiger partial charge in [-0.05, 0) is 25.1 Å². The molecule has 0 aliphatic carbocycles. The fraction of sp³-hybridized carbons (Fsp3) is 0.200. The molecular formula is C10H13N. The van der Waals surface area contributed by atoms with Crippen LogP contribution in [0.5, 0.6) is 0 Å². The molecule has 11 heavy (non-hydrogen) atoms. The molecule has 0 unspecified atom stereocenters. The molecular weight excluding hydrogens is 134 g/mol. The molecule has 1 aromatic carbocycles. The van der Waals surface area contributed by atoms with E-state index in [0.29, 0.717) is 0 Å². The van der Waals surface area contributed by atoms with Crippen molar-refractivity contribution in [3.05, 3.63) is 47.7 Å². The van der Waals surface area contributed by atoms with Gasteiger partial charge < -0.3 is 5.73 Å². The van der Waals surface area contributed by atoms with E-state index in [-0.39, 0.29) is 0 Å². The third-order valence-corrected chi connectivity index (χ3v) is 1.61. The summed E-state index contributed by atoms with van der Waals surface area (Å²) in [6.07, 6.45) is 2.62. The number of rotatable bonds is 2. The Bertz CT molecular complexity index is 236. The maximum Gasteiger partial charge on any atom is -0.00527 e. The van der Waals surface area contributed by atoms with E-state index in [2.05, 4.69) is 12.1 Å². The van der Waals surface area contributed by atoms with Crippen molar-refractivity contribution in [1.82, 2.24) is 0 Å². The van der Waals surface area contributed by atoms with Crippen molar-refractivity contribution in [2.24, 2.45) is 5.73 Å². The van der Waals surface area contributed by atoms with Gasteiger partial charge in [0.1, 0.15) is 0 Å². The summed E-state index contributed by atoms with van der Waals surface area (Å²) in [6.45, 7) is 2.03. The lowest BCUT2D eigenvalue weighted by molar-refractivity contribution is 1.13. The van der Waals surface area contributed by atoms with E-state index in [4.69, 9.17) is 5.73 Å². The molecule has 0 amide bonds. The Labute approximate surface area is 67.5 Å². The average molecular weight is 147 g/mol. The summed E-state index contributed by atoms with van der Waals surface area (Å²) in [5.74, 6) is 0. The Morgan fingerprint density at radius 3 is 2.55 bits per heavy atom. The van der Waals surface area contributed by atoms with Crippen molar-refractivity contribution >= 4 is 0 Å². The second-order valence-electron chi connectivity index (χ2n) is 2.68. The SMILES string of the molecule is C/C(=C\N)Cc1ccccc1. The number of hydrogen-bond donors (Lipinski definition) is 1. The first-order chi connectivity index (χ1) is 5.33. The predicted octanol–water partition coefficient (Wildman–Crippen LogP) is 2.09. The number of hydrogen-bond acceptors (Lipinski definition) is 1. The van der Waals surface area contributed by atoms with Crippen LogP contribution in [0, 0.1) is 0 Å². The van der Waals surface area contributed by atoms with Crippen LogP contribution in [0.1, 0.15) is 12.5 Å². The summed E-state index contributed by atoms with van der Waals surface area (Å²) in [5.41, 5.74) is 7.87. The molecule has 0 aliphatic rings. The van der Waals surface area contributed by atoms with Gasteiger partial charge in [0.05, 0.1) is 0 Å². The van der Waals surface area contributed by atoms with Crippen LogP contribution in [0.25, 0.3) is 0 Å². The fourth-order valence-electron chi connectivity index (χ4n) is 0.977. The van der Waals surface area contributed by atoms with Gasteiger partial charge in [-0.1, -0.05) is 35.9 Å². The van der Waals surface area contributed by atoms with Crippen LogP contribution in [0.2, 0.25) is 0 Å². The third kappa shape index (κ3) is 2.46. The van der Waals surface area contributed by atoms with Crippen molar-refractivity contribution in [3.8, 4) is 0 Å². The minimum Gasteiger partial charge on any atom is -0.405 e. The van der Waals surface area contributed by atoms with Crippen LogP contribution in [0.4, 0.5) is 0 Å². The number of allylic oxidation sites excluding steroid dienone is 1. The lowest BCUT2D eigenvalue weighted by atomic mass is 10.1. The zero-order chi connectivity index (χ0) is 8.10. The molecule has 0 saturated heterocycles. The highest BCUT2D eigenvalue weighted by Crippen LogP contribution is 2.05. The van der Waals surface area contributed by atoms with Gasteiger partial charge in [-0.2, -0.15) is 0 Å². The Morgan fingerprint density at radius 2 is 2.00 bits per heavy atom. The molecule has 0 aliphatic heterocycles. The van der Waals surface area contributed by atoms with Gasteiger partial charge in [-0.15, -0.1) is 0 Å². The van der Waals surface area contributed by atoms with E-state index in [1.165, 1.54) is 11.1 Å². The molecule has 0 spiro atoms. The second kappa shape index (κ2) is 3.81. The summed E-state index contributed by atoms with van der Waals surface area (Å²) < 4.78 is 0. The van der Waals surface area contributed by atoms with E-state index < -0.39 is 0 Å².